The van der Waals surface area contributed by atoms with E-state index in [2.05, 4.69) is 11.8 Å². The molecule has 0 atom stereocenters. The Hall–Kier alpha value is -1.07. The molecule has 13 heavy (non-hydrogen) atoms. The fourth-order valence-corrected chi connectivity index (χ4v) is 1.94. The van der Waals surface area contributed by atoms with Crippen molar-refractivity contribution in [2.45, 2.75) is 27.2 Å². The van der Waals surface area contributed by atoms with Crippen LogP contribution in [0.2, 0.25) is 0 Å². The molecule has 68 valence electrons. The van der Waals surface area contributed by atoms with Gasteiger partial charge in [-0.2, -0.15) is 0 Å². The standard InChI is InChI=1S/C11H12OS/c1-4-5-6-10(12)11-7-8(2)9(3)13-11/h7H,6H2,1-3H3. The quantitative estimate of drug-likeness (QED) is 0.520. The van der Waals surface area contributed by atoms with E-state index in [1.54, 1.807) is 18.3 Å². The fraction of sp³-hybridized carbons (Fsp3) is 0.364. The van der Waals surface area contributed by atoms with E-state index in [-0.39, 0.29) is 5.78 Å². The lowest BCUT2D eigenvalue weighted by Crippen LogP contribution is -1.92. The second-order valence-electron chi connectivity index (χ2n) is 2.88. The topological polar surface area (TPSA) is 17.1 Å². The second kappa shape index (κ2) is 4.25. The highest BCUT2D eigenvalue weighted by atomic mass is 32.1. The molecule has 0 unspecified atom stereocenters. The maximum Gasteiger partial charge on any atom is 0.184 e. The summed E-state index contributed by atoms with van der Waals surface area (Å²) in [4.78, 5) is 13.5. The van der Waals surface area contributed by atoms with Gasteiger partial charge in [0.2, 0.25) is 0 Å². The Balaban J connectivity index is 2.81. The summed E-state index contributed by atoms with van der Waals surface area (Å²) >= 11 is 1.56. The zero-order chi connectivity index (χ0) is 9.84. The molecule has 0 spiro atoms. The highest BCUT2D eigenvalue weighted by Crippen LogP contribution is 2.21. The van der Waals surface area contributed by atoms with Crippen molar-refractivity contribution < 1.29 is 4.79 Å². The minimum atomic E-state index is 0.135. The van der Waals surface area contributed by atoms with Crippen molar-refractivity contribution >= 4 is 17.1 Å². The third-order valence-corrected chi connectivity index (χ3v) is 3.06. The predicted molar refractivity (Wildman–Crippen MR) is 56.2 cm³/mol. The number of aryl methyl sites for hydroxylation is 2. The molecule has 0 aliphatic carbocycles. The monoisotopic (exact) mass is 192 g/mol. The van der Waals surface area contributed by atoms with Crippen LogP contribution in [0.5, 0.6) is 0 Å². The molecule has 0 aliphatic heterocycles. The van der Waals surface area contributed by atoms with Gasteiger partial charge in [0, 0.05) is 4.88 Å². The zero-order valence-corrected chi connectivity index (χ0v) is 8.92. The molecule has 1 nitrogen and oxygen atoms in total. The summed E-state index contributed by atoms with van der Waals surface area (Å²) in [6, 6.07) is 1.94. The number of rotatable bonds is 2. The summed E-state index contributed by atoms with van der Waals surface area (Å²) in [6.45, 7) is 5.80. The lowest BCUT2D eigenvalue weighted by atomic mass is 10.2. The Morgan fingerprint density at radius 1 is 1.54 bits per heavy atom. The Bertz CT molecular complexity index is 357. The number of hydrogen-bond donors (Lipinski definition) is 0. The molecule has 1 rings (SSSR count). The summed E-state index contributed by atoms with van der Waals surface area (Å²) in [5.41, 5.74) is 1.19. The molecule has 0 fully saturated rings. The van der Waals surface area contributed by atoms with Gasteiger partial charge in [0.15, 0.2) is 5.78 Å². The first-order valence-corrected chi connectivity index (χ1v) is 4.96. The Morgan fingerprint density at radius 3 is 2.69 bits per heavy atom. The van der Waals surface area contributed by atoms with Crippen molar-refractivity contribution in [2.24, 2.45) is 0 Å². The molecule has 1 aromatic heterocycles. The normalized spacial score (nSPS) is 9.15. The van der Waals surface area contributed by atoms with Crippen LogP contribution in [0.3, 0.4) is 0 Å². The van der Waals surface area contributed by atoms with Crippen molar-refractivity contribution in [3.05, 3.63) is 21.4 Å². The van der Waals surface area contributed by atoms with E-state index in [4.69, 9.17) is 0 Å². The van der Waals surface area contributed by atoms with E-state index in [0.29, 0.717) is 6.42 Å². The smallest absolute Gasteiger partial charge is 0.184 e. The number of Topliss-reactive ketones (excluding diaryl/α,β-unsaturated/α-hetero) is 1. The highest BCUT2D eigenvalue weighted by Gasteiger charge is 2.08. The first-order chi connectivity index (χ1) is 6.15. The van der Waals surface area contributed by atoms with Crippen LogP contribution in [0.1, 0.15) is 33.5 Å². The molecular formula is C11H12OS. The van der Waals surface area contributed by atoms with E-state index < -0.39 is 0 Å². The van der Waals surface area contributed by atoms with E-state index in [1.807, 2.05) is 19.9 Å². The third kappa shape index (κ3) is 2.43. The van der Waals surface area contributed by atoms with Gasteiger partial charge in [-0.1, -0.05) is 5.92 Å². The molecule has 2 heteroatoms. The van der Waals surface area contributed by atoms with Gasteiger partial charge in [0.25, 0.3) is 0 Å². The van der Waals surface area contributed by atoms with Crippen LogP contribution >= 0.6 is 11.3 Å². The van der Waals surface area contributed by atoms with Gasteiger partial charge in [0.1, 0.15) is 0 Å². The number of thiophene rings is 1. The van der Waals surface area contributed by atoms with Gasteiger partial charge >= 0.3 is 0 Å². The summed E-state index contributed by atoms with van der Waals surface area (Å²) < 4.78 is 0. The molecular weight excluding hydrogens is 180 g/mol. The fourth-order valence-electron chi connectivity index (χ4n) is 0.966. The van der Waals surface area contributed by atoms with Gasteiger partial charge in [-0.05, 0) is 32.4 Å². The number of carbonyl (C=O) groups is 1. The van der Waals surface area contributed by atoms with Crippen molar-refractivity contribution in [1.82, 2.24) is 0 Å². The summed E-state index contributed by atoms with van der Waals surface area (Å²) in [5.74, 6) is 5.64. The van der Waals surface area contributed by atoms with Crippen molar-refractivity contribution in [3.63, 3.8) is 0 Å². The Kier molecular flexibility index (Phi) is 3.27. The Labute approximate surface area is 82.8 Å². The van der Waals surface area contributed by atoms with Gasteiger partial charge in [0.05, 0.1) is 11.3 Å². The van der Waals surface area contributed by atoms with Gasteiger partial charge in [-0.3, -0.25) is 4.79 Å². The van der Waals surface area contributed by atoms with Crippen LogP contribution in [0, 0.1) is 25.7 Å². The largest absolute Gasteiger partial charge is 0.292 e. The van der Waals surface area contributed by atoms with E-state index >= 15 is 0 Å². The molecule has 1 heterocycles. The van der Waals surface area contributed by atoms with Crippen LogP contribution in [0.15, 0.2) is 6.07 Å². The highest BCUT2D eigenvalue weighted by molar-refractivity contribution is 7.14. The summed E-state index contributed by atoms with van der Waals surface area (Å²) in [5, 5.41) is 0. The maximum atomic E-state index is 11.5. The van der Waals surface area contributed by atoms with E-state index in [1.165, 1.54) is 10.4 Å². The average Bonchev–Trinajstić information content (AvgIpc) is 2.43. The van der Waals surface area contributed by atoms with Crippen molar-refractivity contribution in [1.29, 1.82) is 0 Å². The number of ketones is 1. The molecule has 1 aromatic rings. The minimum Gasteiger partial charge on any atom is -0.292 e. The second-order valence-corrected chi connectivity index (χ2v) is 4.13. The van der Waals surface area contributed by atoms with Crippen LogP contribution in [-0.4, -0.2) is 5.78 Å². The van der Waals surface area contributed by atoms with Crippen LogP contribution in [-0.2, 0) is 0 Å². The van der Waals surface area contributed by atoms with Crippen LogP contribution in [0.4, 0.5) is 0 Å². The molecule has 0 N–H and O–H groups in total. The Morgan fingerprint density at radius 2 is 2.23 bits per heavy atom. The minimum absolute atomic E-state index is 0.135. The third-order valence-electron chi connectivity index (χ3n) is 1.87. The molecule has 0 bridgehead atoms. The molecule has 0 radical (unpaired) electrons. The predicted octanol–water partition coefficient (Wildman–Crippen LogP) is 2.96. The molecule has 0 amide bonds. The molecule has 0 saturated carbocycles. The van der Waals surface area contributed by atoms with Gasteiger partial charge < -0.3 is 0 Å². The first kappa shape index (κ1) is 10.0. The SMILES string of the molecule is CC#CCC(=O)c1cc(C)c(C)s1. The lowest BCUT2D eigenvalue weighted by molar-refractivity contribution is 0.100. The number of hydrogen-bond acceptors (Lipinski definition) is 2. The van der Waals surface area contributed by atoms with E-state index in [0.717, 1.165) is 4.88 Å². The van der Waals surface area contributed by atoms with E-state index in [9.17, 15) is 4.79 Å². The number of carbonyl (C=O) groups excluding carboxylic acids is 1. The van der Waals surface area contributed by atoms with Gasteiger partial charge in [-0.15, -0.1) is 17.3 Å². The summed E-state index contributed by atoms with van der Waals surface area (Å²) in [6.07, 6.45) is 0.343. The van der Waals surface area contributed by atoms with Crippen LogP contribution in [0.25, 0.3) is 0 Å². The maximum absolute atomic E-state index is 11.5. The van der Waals surface area contributed by atoms with Crippen molar-refractivity contribution in [2.75, 3.05) is 0 Å². The lowest BCUT2D eigenvalue weighted by Gasteiger charge is -1.87. The molecule has 0 saturated heterocycles. The van der Waals surface area contributed by atoms with Gasteiger partial charge in [-0.25, -0.2) is 0 Å². The molecule has 0 aromatic carbocycles. The molecule has 0 aliphatic rings. The summed E-state index contributed by atoms with van der Waals surface area (Å²) in [7, 11) is 0. The van der Waals surface area contributed by atoms with Crippen LogP contribution < -0.4 is 0 Å². The average molecular weight is 192 g/mol. The first-order valence-electron chi connectivity index (χ1n) is 4.15. The zero-order valence-electron chi connectivity index (χ0n) is 8.10. The van der Waals surface area contributed by atoms with Crippen molar-refractivity contribution in [3.8, 4) is 11.8 Å².